The average molecular weight is 930 g/mol. The molecule has 4 heterocycles. The van der Waals surface area contributed by atoms with Crippen LogP contribution in [0.1, 0.15) is 38.5 Å². The van der Waals surface area contributed by atoms with E-state index in [1.54, 1.807) is 24.8 Å². The van der Waals surface area contributed by atoms with Crippen molar-refractivity contribution >= 4 is 67.5 Å². The molecule has 292 valence electrons. The molecule has 2 saturated carbocycles. The van der Waals surface area contributed by atoms with Gasteiger partial charge in [0.1, 0.15) is 0 Å². The average Bonchev–Trinajstić information content (AvgIpc) is 3.04. The molecule has 0 aliphatic heterocycles. The van der Waals surface area contributed by atoms with E-state index in [9.17, 15) is 39.6 Å². The Kier molecular flexibility index (Phi) is 21.2. The molecule has 0 saturated heterocycles. The number of benzene rings is 2. The number of fused-ring (bicyclic) bond motifs is 6. The summed E-state index contributed by atoms with van der Waals surface area (Å²) in [5, 5.41) is 45.4. The maximum atomic E-state index is 10.2. The Morgan fingerprint density at radius 2 is 0.611 bits per heavy atom. The number of nitrogens with zero attached hydrogens (tertiary/aromatic N) is 4. The van der Waals surface area contributed by atoms with Crippen LogP contribution >= 0.6 is 0 Å². The van der Waals surface area contributed by atoms with Crippen molar-refractivity contribution in [3.05, 3.63) is 97.6 Å². The second-order valence-electron chi connectivity index (χ2n) is 11.5. The van der Waals surface area contributed by atoms with Gasteiger partial charge in [-0.1, -0.05) is 61.4 Å². The molecular weight excluding hydrogens is 893 g/mol. The van der Waals surface area contributed by atoms with Crippen molar-refractivity contribution in [1.82, 2.24) is 19.9 Å². The standard InChI is InChI=1S/2C12H8N2.2C6H8O4.4H2O.2Pd/c2*1-3-9-5-6-10-4-2-8-14-12(10)11(9)13-7-1;2*7-4(8)6(5(9)10)2-1-3-6;;;;;;/h2*1-8H;2*1-3H2,(H,7,8)(H,9,10);4*1H2;;/q;;;;;;;;2*+2/p-4. The third-order valence-electron chi connectivity index (χ3n) is 8.67. The van der Waals surface area contributed by atoms with Crippen molar-refractivity contribution in [2.75, 3.05) is 0 Å². The van der Waals surface area contributed by atoms with E-state index < -0.39 is 34.7 Å². The molecule has 0 bridgehead atoms. The first-order chi connectivity index (χ1) is 23.1. The first kappa shape index (κ1) is 51.2. The van der Waals surface area contributed by atoms with Gasteiger partial charge in [0.2, 0.25) is 0 Å². The Balaban J connectivity index is 0. The predicted octanol–water partition coefficient (Wildman–Crippen LogP) is -2.42. The Bertz CT molecular complexity index is 1870. The van der Waals surface area contributed by atoms with Crippen molar-refractivity contribution in [3.8, 4) is 0 Å². The van der Waals surface area contributed by atoms with Gasteiger partial charge in [0.15, 0.2) is 0 Å². The van der Waals surface area contributed by atoms with Crippen molar-refractivity contribution in [3.63, 3.8) is 0 Å². The monoisotopic (exact) mass is 928 g/mol. The molecule has 54 heavy (non-hydrogen) atoms. The zero-order chi connectivity index (χ0) is 34.3. The van der Waals surface area contributed by atoms with Crippen LogP contribution in [-0.4, -0.2) is 65.7 Å². The van der Waals surface area contributed by atoms with E-state index in [-0.39, 0.29) is 88.4 Å². The second-order valence-corrected chi connectivity index (χ2v) is 11.5. The minimum absolute atomic E-state index is 0. The zero-order valence-electron chi connectivity index (χ0n) is 28.2. The van der Waals surface area contributed by atoms with Gasteiger partial charge in [0.05, 0.1) is 45.9 Å². The summed E-state index contributed by atoms with van der Waals surface area (Å²) >= 11 is 0. The number of aromatic nitrogens is 4. The molecule has 2 fully saturated rings. The fourth-order valence-corrected chi connectivity index (χ4v) is 5.40. The minimum atomic E-state index is -1.67. The maximum Gasteiger partial charge on any atom is 2.00 e. The summed E-state index contributed by atoms with van der Waals surface area (Å²) in [6.45, 7) is 0. The molecule has 0 amide bonds. The normalized spacial score (nSPS) is 13.5. The van der Waals surface area contributed by atoms with E-state index >= 15 is 0 Å². The first-order valence-corrected chi connectivity index (χ1v) is 15.1. The zero-order valence-corrected chi connectivity index (χ0v) is 31.3. The Labute approximate surface area is 335 Å². The van der Waals surface area contributed by atoms with Crippen LogP contribution in [-0.2, 0) is 60.0 Å². The number of aliphatic carboxylic acids is 4. The summed E-state index contributed by atoms with van der Waals surface area (Å²) in [5.41, 5.74) is 0.576. The largest absolute Gasteiger partial charge is 2.00 e. The summed E-state index contributed by atoms with van der Waals surface area (Å²) in [5.74, 6) is -6.06. The summed E-state index contributed by atoms with van der Waals surface area (Å²) < 4.78 is 0. The Hall–Kier alpha value is -4.88. The van der Waals surface area contributed by atoms with Crippen molar-refractivity contribution in [1.29, 1.82) is 0 Å². The van der Waals surface area contributed by atoms with E-state index in [1.807, 2.05) is 24.3 Å². The van der Waals surface area contributed by atoms with E-state index in [0.717, 1.165) is 43.6 Å². The Morgan fingerprint density at radius 3 is 0.741 bits per heavy atom. The number of hydrogen-bond donors (Lipinski definition) is 0. The number of rotatable bonds is 4. The number of carboxylic acids is 4. The molecule has 0 radical (unpaired) electrons. The number of carboxylic acid groups (broad SMARTS) is 4. The maximum absolute atomic E-state index is 10.2. The smallest absolute Gasteiger partial charge is 0.549 e. The van der Waals surface area contributed by atoms with Crippen LogP contribution in [0.3, 0.4) is 0 Å². The van der Waals surface area contributed by atoms with Gasteiger partial charge in [-0.3, -0.25) is 19.9 Å². The molecule has 2 aromatic carbocycles. The predicted molar refractivity (Wildman–Crippen MR) is 181 cm³/mol. The van der Waals surface area contributed by atoms with Crippen LogP contribution in [0.25, 0.3) is 43.6 Å². The van der Waals surface area contributed by atoms with E-state index in [1.165, 1.54) is 0 Å². The van der Waals surface area contributed by atoms with E-state index in [2.05, 4.69) is 68.5 Å². The van der Waals surface area contributed by atoms with E-state index in [4.69, 9.17) is 0 Å². The molecular formula is C36H36N4O12Pd2. The van der Waals surface area contributed by atoms with Gasteiger partial charge < -0.3 is 61.5 Å². The summed E-state index contributed by atoms with van der Waals surface area (Å²) in [6, 6.07) is 24.3. The van der Waals surface area contributed by atoms with Crippen molar-refractivity contribution in [2.24, 2.45) is 10.8 Å². The molecule has 0 atom stereocenters. The second kappa shape index (κ2) is 22.4. The number of carbonyl (C=O) groups excluding carboxylic acids is 4. The fraction of sp³-hybridized carbons (Fsp3) is 0.222. The molecule has 0 spiro atoms. The number of hydrogen-bond acceptors (Lipinski definition) is 12. The van der Waals surface area contributed by atoms with Gasteiger partial charge >= 0.3 is 40.8 Å². The molecule has 6 aromatic rings. The van der Waals surface area contributed by atoms with Crippen molar-refractivity contribution < 1.29 is 102 Å². The van der Waals surface area contributed by atoms with Gasteiger partial charge in [-0.25, -0.2) is 0 Å². The topological polar surface area (TPSA) is 338 Å². The Morgan fingerprint density at radius 1 is 0.407 bits per heavy atom. The van der Waals surface area contributed by atoms with Crippen LogP contribution in [0.5, 0.6) is 0 Å². The number of carbonyl (C=O) groups is 4. The van der Waals surface area contributed by atoms with E-state index in [0.29, 0.717) is 12.8 Å². The van der Waals surface area contributed by atoms with Crippen molar-refractivity contribution in [2.45, 2.75) is 38.5 Å². The fourth-order valence-electron chi connectivity index (χ4n) is 5.40. The molecule has 8 N–H and O–H groups in total. The van der Waals surface area contributed by atoms with Crippen LogP contribution < -0.4 is 20.4 Å². The molecule has 0 unspecified atom stereocenters. The summed E-state index contributed by atoms with van der Waals surface area (Å²) in [7, 11) is 0. The van der Waals surface area contributed by atoms with Crippen LogP contribution in [0.15, 0.2) is 97.6 Å². The third-order valence-corrected chi connectivity index (χ3v) is 8.67. The molecule has 2 aliphatic carbocycles. The van der Waals surface area contributed by atoms with Gasteiger partial charge in [0.25, 0.3) is 0 Å². The first-order valence-electron chi connectivity index (χ1n) is 15.1. The van der Waals surface area contributed by atoms with Crippen LogP contribution in [0.2, 0.25) is 0 Å². The molecule has 8 rings (SSSR count). The van der Waals surface area contributed by atoms with Crippen LogP contribution in [0, 0.1) is 10.8 Å². The van der Waals surface area contributed by atoms with Gasteiger partial charge in [-0.05, 0) is 49.9 Å². The SMILES string of the molecule is O.O.O.O.O=C([O-])C1(C(=O)[O-])CCC1.O=C([O-])C1(C(=O)[O-])CCC1.[Pd+2].[Pd+2].c1cnc2c(c1)ccc1cccnc12.c1cnc2c(c1)ccc1cccnc12. The van der Waals surface area contributed by atoms with Crippen LogP contribution in [0.4, 0.5) is 0 Å². The third kappa shape index (κ3) is 10.6. The minimum Gasteiger partial charge on any atom is -0.549 e. The van der Waals surface area contributed by atoms with Gasteiger partial charge in [-0.15, -0.1) is 0 Å². The molecule has 2 aliphatic rings. The molecule has 4 aromatic heterocycles. The summed E-state index contributed by atoms with van der Waals surface area (Å²) in [6.07, 6.45) is 9.06. The van der Waals surface area contributed by atoms with Gasteiger partial charge in [0, 0.05) is 57.2 Å². The quantitative estimate of drug-likeness (QED) is 0.101. The molecule has 16 nitrogen and oxygen atoms in total. The summed E-state index contributed by atoms with van der Waals surface area (Å²) in [4.78, 5) is 58.2. The van der Waals surface area contributed by atoms with Gasteiger partial charge in [-0.2, -0.15) is 0 Å². The molecule has 18 heteroatoms. The number of pyridine rings is 4.